The minimum Gasteiger partial charge on any atom is -0.399 e. The van der Waals surface area contributed by atoms with Gasteiger partial charge in [-0.05, 0) is 36.1 Å². The van der Waals surface area contributed by atoms with E-state index in [1.165, 1.54) is 5.56 Å². The molecule has 0 aliphatic heterocycles. The third-order valence-electron chi connectivity index (χ3n) is 3.44. The Labute approximate surface area is 120 Å². The van der Waals surface area contributed by atoms with E-state index in [-0.39, 0.29) is 5.78 Å². The van der Waals surface area contributed by atoms with E-state index in [4.69, 9.17) is 5.73 Å². The van der Waals surface area contributed by atoms with Crippen molar-refractivity contribution in [3.63, 3.8) is 0 Å². The number of anilines is 1. The summed E-state index contributed by atoms with van der Waals surface area (Å²) in [4.78, 5) is 12.1. The zero-order valence-electron chi connectivity index (χ0n) is 11.9. The van der Waals surface area contributed by atoms with Gasteiger partial charge in [0.05, 0.1) is 0 Å². The second-order valence-corrected chi connectivity index (χ2v) is 5.11. The lowest BCUT2D eigenvalue weighted by molar-refractivity contribution is 0.0983. The number of carbonyl (C=O) groups excluding carboxylic acids is 1. The van der Waals surface area contributed by atoms with Gasteiger partial charge < -0.3 is 5.73 Å². The van der Waals surface area contributed by atoms with E-state index in [0.29, 0.717) is 6.42 Å². The molecular weight excluding hydrogens is 246 g/mol. The summed E-state index contributed by atoms with van der Waals surface area (Å²) in [5.74, 6) is 0.199. The largest absolute Gasteiger partial charge is 0.399 e. The standard InChI is InChI=1S/C18H21NO/c1-2-3-14-4-9-16(10-5-14)18(20)13-8-15-6-11-17(19)12-7-15/h4-7,9-12H,2-3,8,13,19H2,1H3. The van der Waals surface area contributed by atoms with Gasteiger partial charge in [-0.15, -0.1) is 0 Å². The van der Waals surface area contributed by atoms with E-state index in [9.17, 15) is 4.79 Å². The van der Waals surface area contributed by atoms with Crippen LogP contribution in [-0.2, 0) is 12.8 Å². The van der Waals surface area contributed by atoms with E-state index >= 15 is 0 Å². The summed E-state index contributed by atoms with van der Waals surface area (Å²) in [5, 5.41) is 0. The summed E-state index contributed by atoms with van der Waals surface area (Å²) in [6, 6.07) is 15.7. The number of hydrogen-bond donors (Lipinski definition) is 1. The summed E-state index contributed by atoms with van der Waals surface area (Å²) in [6.07, 6.45) is 3.50. The van der Waals surface area contributed by atoms with E-state index in [1.54, 1.807) is 0 Å². The molecule has 104 valence electrons. The number of carbonyl (C=O) groups is 1. The van der Waals surface area contributed by atoms with Crippen LogP contribution in [-0.4, -0.2) is 5.78 Å². The third kappa shape index (κ3) is 3.95. The van der Waals surface area contributed by atoms with Crippen LogP contribution >= 0.6 is 0 Å². The minimum absolute atomic E-state index is 0.199. The first-order valence-electron chi connectivity index (χ1n) is 7.15. The molecule has 0 spiro atoms. The summed E-state index contributed by atoms with van der Waals surface area (Å²) in [5.41, 5.74) is 9.65. The molecule has 0 radical (unpaired) electrons. The molecule has 2 aromatic carbocycles. The second kappa shape index (κ2) is 6.90. The fraction of sp³-hybridized carbons (Fsp3) is 0.278. The predicted molar refractivity (Wildman–Crippen MR) is 83.9 cm³/mol. The molecule has 0 amide bonds. The van der Waals surface area contributed by atoms with Crippen molar-refractivity contribution >= 4 is 11.5 Å². The molecule has 0 saturated carbocycles. The van der Waals surface area contributed by atoms with Crippen LogP contribution in [0.4, 0.5) is 5.69 Å². The first kappa shape index (κ1) is 14.3. The molecule has 0 aliphatic carbocycles. The van der Waals surface area contributed by atoms with Gasteiger partial charge in [-0.1, -0.05) is 49.7 Å². The molecule has 2 heteroatoms. The number of Topliss-reactive ketones (excluding diaryl/α,β-unsaturated/α-hetero) is 1. The fourth-order valence-corrected chi connectivity index (χ4v) is 2.23. The number of nitrogen functional groups attached to an aromatic ring is 1. The molecule has 2 N–H and O–H groups in total. The van der Waals surface area contributed by atoms with Crippen molar-refractivity contribution in [3.05, 3.63) is 65.2 Å². The van der Waals surface area contributed by atoms with Crippen LogP contribution in [0.1, 0.15) is 41.3 Å². The van der Waals surface area contributed by atoms with Crippen LogP contribution < -0.4 is 5.73 Å². The maximum absolute atomic E-state index is 12.1. The third-order valence-corrected chi connectivity index (χ3v) is 3.44. The molecule has 0 fully saturated rings. The van der Waals surface area contributed by atoms with E-state index in [2.05, 4.69) is 19.1 Å². The Balaban J connectivity index is 1.92. The van der Waals surface area contributed by atoms with Crippen molar-refractivity contribution in [2.45, 2.75) is 32.6 Å². The van der Waals surface area contributed by atoms with Gasteiger partial charge in [0.15, 0.2) is 5.78 Å². The van der Waals surface area contributed by atoms with Crippen LogP contribution in [0.3, 0.4) is 0 Å². The van der Waals surface area contributed by atoms with Crippen LogP contribution in [0.5, 0.6) is 0 Å². The monoisotopic (exact) mass is 267 g/mol. The second-order valence-electron chi connectivity index (χ2n) is 5.11. The summed E-state index contributed by atoms with van der Waals surface area (Å²) < 4.78 is 0. The highest BCUT2D eigenvalue weighted by Gasteiger charge is 2.06. The van der Waals surface area contributed by atoms with Gasteiger partial charge in [0, 0.05) is 17.7 Å². The summed E-state index contributed by atoms with van der Waals surface area (Å²) >= 11 is 0. The van der Waals surface area contributed by atoms with Gasteiger partial charge in [0.25, 0.3) is 0 Å². The molecule has 0 heterocycles. The van der Waals surface area contributed by atoms with Crippen LogP contribution in [0.25, 0.3) is 0 Å². The number of aryl methyl sites for hydroxylation is 2. The smallest absolute Gasteiger partial charge is 0.163 e. The molecule has 2 nitrogen and oxygen atoms in total. The van der Waals surface area contributed by atoms with E-state index in [1.807, 2.05) is 36.4 Å². The Hall–Kier alpha value is -2.09. The maximum Gasteiger partial charge on any atom is 0.163 e. The van der Waals surface area contributed by atoms with E-state index < -0.39 is 0 Å². The van der Waals surface area contributed by atoms with Gasteiger partial charge in [-0.2, -0.15) is 0 Å². The Kier molecular flexibility index (Phi) is 4.94. The average molecular weight is 267 g/mol. The van der Waals surface area contributed by atoms with Crippen LogP contribution in [0.2, 0.25) is 0 Å². The Morgan fingerprint density at radius 3 is 2.05 bits per heavy atom. The highest BCUT2D eigenvalue weighted by molar-refractivity contribution is 5.96. The zero-order chi connectivity index (χ0) is 14.4. The molecule has 0 atom stereocenters. The van der Waals surface area contributed by atoms with Crippen LogP contribution in [0.15, 0.2) is 48.5 Å². The molecule has 0 saturated heterocycles. The zero-order valence-corrected chi connectivity index (χ0v) is 11.9. The minimum atomic E-state index is 0.199. The lowest BCUT2D eigenvalue weighted by atomic mass is 10.0. The molecule has 2 rings (SSSR count). The Bertz CT molecular complexity index is 555. The maximum atomic E-state index is 12.1. The number of ketones is 1. The highest BCUT2D eigenvalue weighted by Crippen LogP contribution is 2.12. The molecule has 0 aromatic heterocycles. The first-order chi connectivity index (χ1) is 9.69. The highest BCUT2D eigenvalue weighted by atomic mass is 16.1. The Morgan fingerprint density at radius 1 is 0.900 bits per heavy atom. The first-order valence-corrected chi connectivity index (χ1v) is 7.15. The van der Waals surface area contributed by atoms with E-state index in [0.717, 1.165) is 36.1 Å². The molecule has 2 aromatic rings. The molecule has 0 aliphatic rings. The van der Waals surface area contributed by atoms with Gasteiger partial charge in [0.1, 0.15) is 0 Å². The van der Waals surface area contributed by atoms with Gasteiger partial charge in [-0.25, -0.2) is 0 Å². The lowest BCUT2D eigenvalue weighted by Crippen LogP contribution is -2.01. The fourth-order valence-electron chi connectivity index (χ4n) is 2.23. The number of nitrogens with two attached hydrogens (primary N) is 1. The van der Waals surface area contributed by atoms with Crippen molar-refractivity contribution in [3.8, 4) is 0 Å². The van der Waals surface area contributed by atoms with Crippen molar-refractivity contribution in [2.24, 2.45) is 0 Å². The quantitative estimate of drug-likeness (QED) is 0.634. The van der Waals surface area contributed by atoms with Gasteiger partial charge in [0.2, 0.25) is 0 Å². The summed E-state index contributed by atoms with van der Waals surface area (Å²) in [6.45, 7) is 2.16. The number of benzene rings is 2. The van der Waals surface area contributed by atoms with Gasteiger partial charge in [-0.3, -0.25) is 4.79 Å². The lowest BCUT2D eigenvalue weighted by Gasteiger charge is -2.04. The number of rotatable bonds is 6. The van der Waals surface area contributed by atoms with Crippen molar-refractivity contribution < 1.29 is 4.79 Å². The van der Waals surface area contributed by atoms with Crippen molar-refractivity contribution in [1.29, 1.82) is 0 Å². The average Bonchev–Trinajstić information content (AvgIpc) is 2.47. The summed E-state index contributed by atoms with van der Waals surface area (Å²) in [7, 11) is 0. The number of hydrogen-bond acceptors (Lipinski definition) is 2. The van der Waals surface area contributed by atoms with Crippen LogP contribution in [0, 0.1) is 0 Å². The van der Waals surface area contributed by atoms with Crippen molar-refractivity contribution in [1.82, 2.24) is 0 Å². The Morgan fingerprint density at radius 2 is 1.45 bits per heavy atom. The molecule has 20 heavy (non-hydrogen) atoms. The molecular formula is C18H21NO. The molecule has 0 bridgehead atoms. The van der Waals surface area contributed by atoms with Crippen molar-refractivity contribution in [2.75, 3.05) is 5.73 Å². The van der Waals surface area contributed by atoms with Gasteiger partial charge >= 0.3 is 0 Å². The predicted octanol–water partition coefficient (Wildman–Crippen LogP) is 4.04. The normalized spacial score (nSPS) is 10.4. The SMILES string of the molecule is CCCc1ccc(C(=O)CCc2ccc(N)cc2)cc1. The topological polar surface area (TPSA) is 43.1 Å². The molecule has 0 unspecified atom stereocenters.